The number of hydrogen-bond donors (Lipinski definition) is 0. The van der Waals surface area contributed by atoms with E-state index in [-0.39, 0.29) is 45.9 Å². The average Bonchev–Trinajstić information content (AvgIpc) is 3.44. The van der Waals surface area contributed by atoms with Gasteiger partial charge < -0.3 is 0 Å². The van der Waals surface area contributed by atoms with E-state index in [1.165, 1.54) is 6.07 Å². The summed E-state index contributed by atoms with van der Waals surface area (Å²) < 4.78 is 122. The molecular formula is C28H19F9. The number of halogens is 9. The highest BCUT2D eigenvalue weighted by Gasteiger charge is 2.53. The van der Waals surface area contributed by atoms with E-state index in [1.54, 1.807) is 0 Å². The van der Waals surface area contributed by atoms with Crippen LogP contribution in [0, 0.1) is 11.8 Å². The molecule has 4 atom stereocenters. The Morgan fingerprint density at radius 3 is 1.62 bits per heavy atom. The predicted molar refractivity (Wildman–Crippen MR) is 119 cm³/mol. The van der Waals surface area contributed by atoms with Gasteiger partial charge in [-0.05, 0) is 113 Å². The van der Waals surface area contributed by atoms with Crippen molar-refractivity contribution in [1.29, 1.82) is 0 Å². The second-order valence-corrected chi connectivity index (χ2v) is 10.2. The fourth-order valence-corrected chi connectivity index (χ4v) is 6.89. The third-order valence-corrected chi connectivity index (χ3v) is 8.31. The Labute approximate surface area is 206 Å². The SMILES string of the molecule is FC(F)(F)c1ccc(-c2cc(C(F)(F)F)cc3c2[C@@H]2[C@H]4CC[C@H](C4)[C@@H]2c2ccc(C(F)(F)F)cc2-3)cc1. The Balaban J connectivity index is 1.65. The number of hydrogen-bond acceptors (Lipinski definition) is 0. The lowest BCUT2D eigenvalue weighted by atomic mass is 9.63. The van der Waals surface area contributed by atoms with Gasteiger partial charge in [-0.25, -0.2) is 0 Å². The standard InChI is InChI=1S/C28H19F9/c29-26(30,31)16-5-3-13(4-6-16)20-11-18(28(35,36)37)12-22-21-10-17(27(32,33)34)7-8-19(21)23-14-1-2-15(9-14)24(23)25(20)22/h3-8,10-12,14-15,23-24H,1-2,9H2/t14-,15+,23-,24-/m1/s1. The van der Waals surface area contributed by atoms with E-state index >= 15 is 0 Å². The first-order valence-corrected chi connectivity index (χ1v) is 11.9. The van der Waals surface area contributed by atoms with Gasteiger partial charge in [0.2, 0.25) is 0 Å². The van der Waals surface area contributed by atoms with Crippen LogP contribution in [0.3, 0.4) is 0 Å². The fraction of sp³-hybridized carbons (Fsp3) is 0.357. The van der Waals surface area contributed by atoms with Crippen LogP contribution in [-0.2, 0) is 18.5 Å². The minimum absolute atomic E-state index is 0.0830. The van der Waals surface area contributed by atoms with Crippen molar-refractivity contribution in [2.24, 2.45) is 11.8 Å². The Morgan fingerprint density at radius 2 is 1.03 bits per heavy atom. The van der Waals surface area contributed by atoms with Gasteiger partial charge in [-0.1, -0.05) is 18.2 Å². The number of fused-ring (bicyclic) bond motifs is 10. The molecule has 0 spiro atoms. The highest BCUT2D eigenvalue weighted by atomic mass is 19.4. The average molecular weight is 526 g/mol. The molecule has 0 nitrogen and oxygen atoms in total. The van der Waals surface area contributed by atoms with Crippen LogP contribution < -0.4 is 0 Å². The summed E-state index contributed by atoms with van der Waals surface area (Å²) in [5.41, 5.74) is -1.30. The molecule has 194 valence electrons. The van der Waals surface area contributed by atoms with Gasteiger partial charge in [0, 0.05) is 0 Å². The summed E-state index contributed by atoms with van der Waals surface area (Å²) in [6, 6.07) is 9.07. The molecule has 2 fully saturated rings. The summed E-state index contributed by atoms with van der Waals surface area (Å²) >= 11 is 0. The Kier molecular flexibility index (Phi) is 5.12. The quantitative estimate of drug-likeness (QED) is 0.277. The second-order valence-electron chi connectivity index (χ2n) is 10.2. The highest BCUT2D eigenvalue weighted by molar-refractivity contribution is 5.85. The maximum atomic E-state index is 14.0. The van der Waals surface area contributed by atoms with Crippen molar-refractivity contribution >= 4 is 0 Å². The van der Waals surface area contributed by atoms with Gasteiger partial charge in [-0.15, -0.1) is 0 Å². The molecule has 0 unspecified atom stereocenters. The summed E-state index contributed by atoms with van der Waals surface area (Å²) in [7, 11) is 0. The Morgan fingerprint density at radius 1 is 0.514 bits per heavy atom. The third-order valence-electron chi connectivity index (χ3n) is 8.31. The van der Waals surface area contributed by atoms with Gasteiger partial charge in [-0.3, -0.25) is 0 Å². The molecule has 0 heterocycles. The Bertz CT molecular complexity index is 1380. The molecule has 3 aliphatic rings. The zero-order valence-corrected chi connectivity index (χ0v) is 19.0. The third kappa shape index (κ3) is 3.84. The van der Waals surface area contributed by atoms with Crippen LogP contribution in [0.4, 0.5) is 39.5 Å². The fourth-order valence-electron chi connectivity index (χ4n) is 6.89. The minimum Gasteiger partial charge on any atom is -0.166 e. The van der Waals surface area contributed by atoms with Gasteiger partial charge in [0.25, 0.3) is 0 Å². The van der Waals surface area contributed by atoms with Crippen molar-refractivity contribution < 1.29 is 39.5 Å². The molecule has 2 bridgehead atoms. The summed E-state index contributed by atoms with van der Waals surface area (Å²) in [4.78, 5) is 0. The van der Waals surface area contributed by atoms with Gasteiger partial charge >= 0.3 is 18.5 Å². The maximum absolute atomic E-state index is 14.0. The van der Waals surface area contributed by atoms with Crippen molar-refractivity contribution in [3.63, 3.8) is 0 Å². The molecule has 3 aromatic carbocycles. The topological polar surface area (TPSA) is 0 Å². The number of rotatable bonds is 1. The number of benzene rings is 3. The van der Waals surface area contributed by atoms with Crippen LogP contribution in [0.2, 0.25) is 0 Å². The largest absolute Gasteiger partial charge is 0.416 e. The predicted octanol–water partition coefficient (Wildman–Crippen LogP) is 9.69. The monoisotopic (exact) mass is 526 g/mol. The highest BCUT2D eigenvalue weighted by Crippen LogP contribution is 2.66. The summed E-state index contributed by atoms with van der Waals surface area (Å²) in [5.74, 6) is -0.0125. The first-order chi connectivity index (χ1) is 17.2. The summed E-state index contributed by atoms with van der Waals surface area (Å²) in [5, 5.41) is 0. The Hall–Kier alpha value is -2.97. The van der Waals surface area contributed by atoms with Gasteiger partial charge in [0.15, 0.2) is 0 Å². The van der Waals surface area contributed by atoms with Crippen LogP contribution >= 0.6 is 0 Å². The van der Waals surface area contributed by atoms with E-state index in [4.69, 9.17) is 0 Å². The molecule has 0 amide bonds. The maximum Gasteiger partial charge on any atom is 0.416 e. The van der Waals surface area contributed by atoms with Crippen LogP contribution in [0.15, 0.2) is 54.6 Å². The molecule has 0 aromatic heterocycles. The van der Waals surface area contributed by atoms with Gasteiger partial charge in [0.05, 0.1) is 16.7 Å². The number of alkyl halides is 9. The van der Waals surface area contributed by atoms with Crippen molar-refractivity contribution in [3.05, 3.63) is 82.4 Å². The van der Waals surface area contributed by atoms with Crippen LogP contribution in [0.25, 0.3) is 22.3 Å². The zero-order valence-electron chi connectivity index (χ0n) is 19.0. The molecule has 6 rings (SSSR count). The molecule has 0 N–H and O–H groups in total. The van der Waals surface area contributed by atoms with Gasteiger partial charge in [-0.2, -0.15) is 39.5 Å². The molecule has 0 saturated heterocycles. The van der Waals surface area contributed by atoms with E-state index in [0.29, 0.717) is 11.1 Å². The van der Waals surface area contributed by atoms with E-state index in [9.17, 15) is 39.5 Å². The molecular weight excluding hydrogens is 507 g/mol. The normalized spacial score (nSPS) is 24.6. The first-order valence-electron chi connectivity index (χ1n) is 11.9. The smallest absolute Gasteiger partial charge is 0.166 e. The molecule has 9 heteroatoms. The van der Waals surface area contributed by atoms with Gasteiger partial charge in [0.1, 0.15) is 0 Å². The molecule has 0 aliphatic heterocycles. The van der Waals surface area contributed by atoms with Crippen molar-refractivity contribution in [2.75, 3.05) is 0 Å². The van der Waals surface area contributed by atoms with Crippen LogP contribution in [0.5, 0.6) is 0 Å². The summed E-state index contributed by atoms with van der Waals surface area (Å²) in [6.45, 7) is 0. The molecule has 37 heavy (non-hydrogen) atoms. The van der Waals surface area contributed by atoms with Crippen molar-refractivity contribution in [3.8, 4) is 22.3 Å². The lowest BCUT2D eigenvalue weighted by molar-refractivity contribution is -0.138. The van der Waals surface area contributed by atoms with E-state index < -0.39 is 35.2 Å². The lowest BCUT2D eigenvalue weighted by Gasteiger charge is -2.40. The first kappa shape index (κ1) is 24.4. The van der Waals surface area contributed by atoms with Crippen LogP contribution in [0.1, 0.15) is 58.9 Å². The van der Waals surface area contributed by atoms with E-state index in [0.717, 1.165) is 67.8 Å². The molecule has 0 radical (unpaired) electrons. The lowest BCUT2D eigenvalue weighted by Crippen LogP contribution is -2.25. The summed E-state index contributed by atoms with van der Waals surface area (Å²) in [6.07, 6.45) is -11.5. The zero-order chi connectivity index (χ0) is 26.5. The molecule has 3 aromatic rings. The molecule has 3 aliphatic carbocycles. The van der Waals surface area contributed by atoms with E-state index in [2.05, 4.69) is 0 Å². The van der Waals surface area contributed by atoms with Crippen molar-refractivity contribution in [1.82, 2.24) is 0 Å². The molecule has 2 saturated carbocycles. The van der Waals surface area contributed by atoms with E-state index in [1.807, 2.05) is 0 Å². The van der Waals surface area contributed by atoms with Crippen LogP contribution in [-0.4, -0.2) is 0 Å². The second kappa shape index (κ2) is 7.77. The minimum atomic E-state index is -4.80. The van der Waals surface area contributed by atoms with Crippen molar-refractivity contribution in [2.45, 2.75) is 49.6 Å².